The third-order valence-corrected chi connectivity index (χ3v) is 21.1. The van der Waals surface area contributed by atoms with Gasteiger partial charge in [0.15, 0.2) is 12.2 Å². The molecule has 0 aliphatic rings. The Balaban J connectivity index is 5.21. The molecule has 0 amide bonds. The highest BCUT2D eigenvalue weighted by molar-refractivity contribution is 7.47. The lowest BCUT2D eigenvalue weighted by atomic mass is 9.99. The van der Waals surface area contributed by atoms with Crippen LogP contribution in [0.5, 0.6) is 0 Å². The number of aliphatic hydroxyl groups excluding tert-OH is 1. The standard InChI is InChI=1S/C79H154O17P2/c1-7-11-13-15-17-19-20-21-22-23-24-25-26-27-28-29-30-39-45-51-57-63-78(83)95-75(68-90-77(82)62-56-50-44-38-33-31-36-41-47-53-59-71(5)9-3)70-94-98(87,88)92-66-73(80)65-91-97(85,86)93-69-74(67-89-76(81)61-55-49-43-35-18-16-14-12-8-2)96-79(84)64-58-52-46-40-34-32-37-42-48-54-60-72(6)10-4/h71-75,80H,7-70H2,1-6H3,(H,85,86)(H,87,88)/t71?,72?,73-,74+,75+/m0/s1. The molecule has 7 atom stereocenters. The zero-order chi connectivity index (χ0) is 72.1. The lowest BCUT2D eigenvalue weighted by Gasteiger charge is -2.21. The molecule has 0 radical (unpaired) electrons. The highest BCUT2D eigenvalue weighted by Crippen LogP contribution is 2.45. The molecule has 4 unspecified atom stereocenters. The first-order valence-corrected chi connectivity index (χ1v) is 44.1. The van der Waals surface area contributed by atoms with Crippen molar-refractivity contribution in [1.82, 2.24) is 0 Å². The Morgan fingerprint density at radius 1 is 0.286 bits per heavy atom. The fraction of sp³-hybridized carbons (Fsp3) is 0.949. The number of carbonyl (C=O) groups excluding carboxylic acids is 4. The summed E-state index contributed by atoms with van der Waals surface area (Å²) in [5.74, 6) is -0.501. The molecule has 0 fully saturated rings. The number of unbranched alkanes of at least 4 members (excludes halogenated alkanes) is 46. The molecule has 0 aromatic rings. The number of ether oxygens (including phenoxy) is 4. The van der Waals surface area contributed by atoms with Crippen LogP contribution >= 0.6 is 15.6 Å². The Hall–Kier alpha value is -1.94. The van der Waals surface area contributed by atoms with Crippen LogP contribution in [0.2, 0.25) is 0 Å². The highest BCUT2D eigenvalue weighted by atomic mass is 31.2. The van der Waals surface area contributed by atoms with E-state index in [4.69, 9.17) is 37.0 Å². The third-order valence-electron chi connectivity index (χ3n) is 19.2. The summed E-state index contributed by atoms with van der Waals surface area (Å²) in [6.07, 6.45) is 59.6. The van der Waals surface area contributed by atoms with Gasteiger partial charge in [-0.2, -0.15) is 0 Å². The van der Waals surface area contributed by atoms with E-state index in [-0.39, 0.29) is 25.7 Å². The van der Waals surface area contributed by atoms with Crippen LogP contribution in [0.15, 0.2) is 0 Å². The van der Waals surface area contributed by atoms with Gasteiger partial charge in [0.1, 0.15) is 19.3 Å². The summed E-state index contributed by atoms with van der Waals surface area (Å²) >= 11 is 0. The van der Waals surface area contributed by atoms with Gasteiger partial charge in [-0.15, -0.1) is 0 Å². The number of phosphoric acid groups is 2. The molecule has 0 aliphatic carbocycles. The average Bonchev–Trinajstić information content (AvgIpc) is 0.998. The Morgan fingerprint density at radius 2 is 0.490 bits per heavy atom. The number of esters is 4. The molecule has 0 aliphatic heterocycles. The van der Waals surface area contributed by atoms with Crippen molar-refractivity contribution in [1.29, 1.82) is 0 Å². The minimum Gasteiger partial charge on any atom is -0.462 e. The van der Waals surface area contributed by atoms with Crippen LogP contribution in [0, 0.1) is 11.8 Å². The van der Waals surface area contributed by atoms with E-state index in [0.29, 0.717) is 25.7 Å². The molecule has 582 valence electrons. The maximum Gasteiger partial charge on any atom is 0.472 e. The summed E-state index contributed by atoms with van der Waals surface area (Å²) in [6, 6.07) is 0. The zero-order valence-corrected chi connectivity index (χ0v) is 65.9. The van der Waals surface area contributed by atoms with Crippen LogP contribution in [-0.4, -0.2) is 96.7 Å². The second kappa shape index (κ2) is 70.7. The predicted octanol–water partition coefficient (Wildman–Crippen LogP) is 23.5. The van der Waals surface area contributed by atoms with Crippen LogP contribution in [0.4, 0.5) is 0 Å². The lowest BCUT2D eigenvalue weighted by Crippen LogP contribution is -2.30. The van der Waals surface area contributed by atoms with Crippen molar-refractivity contribution in [2.75, 3.05) is 39.6 Å². The highest BCUT2D eigenvalue weighted by Gasteiger charge is 2.30. The largest absolute Gasteiger partial charge is 0.472 e. The van der Waals surface area contributed by atoms with Gasteiger partial charge in [0, 0.05) is 25.7 Å². The van der Waals surface area contributed by atoms with Gasteiger partial charge >= 0.3 is 39.5 Å². The van der Waals surface area contributed by atoms with Crippen LogP contribution < -0.4 is 0 Å². The van der Waals surface area contributed by atoms with Crippen LogP contribution in [-0.2, 0) is 65.4 Å². The molecule has 3 N–H and O–H groups in total. The summed E-state index contributed by atoms with van der Waals surface area (Å²) < 4.78 is 68.6. The van der Waals surface area contributed by atoms with Gasteiger partial charge in [0.25, 0.3) is 0 Å². The molecule has 0 saturated heterocycles. The molecule has 0 saturated carbocycles. The minimum atomic E-state index is -4.96. The number of hydrogen-bond acceptors (Lipinski definition) is 15. The molecule has 98 heavy (non-hydrogen) atoms. The fourth-order valence-corrected chi connectivity index (χ4v) is 13.7. The Kier molecular flexibility index (Phi) is 69.3. The molecule has 19 heteroatoms. The van der Waals surface area contributed by atoms with Crippen molar-refractivity contribution in [3.8, 4) is 0 Å². The number of aliphatic hydroxyl groups is 1. The SMILES string of the molecule is CCCCCCCCCCCCCCCCCCCCCCCC(=O)O[C@H](COC(=O)CCCCCCCCCCCCC(C)CC)COP(=O)(O)OC[C@@H](O)COP(=O)(O)OC[C@@H](COC(=O)CCCCCCCCCCC)OC(=O)CCCCCCCCCCCCC(C)CC. The van der Waals surface area contributed by atoms with Crippen molar-refractivity contribution in [3.63, 3.8) is 0 Å². The summed E-state index contributed by atoms with van der Waals surface area (Å²) in [4.78, 5) is 72.9. The summed E-state index contributed by atoms with van der Waals surface area (Å²) in [5.41, 5.74) is 0. The summed E-state index contributed by atoms with van der Waals surface area (Å²) in [7, 11) is -9.91. The Labute approximate surface area is 600 Å². The van der Waals surface area contributed by atoms with Crippen molar-refractivity contribution in [3.05, 3.63) is 0 Å². The monoisotopic (exact) mass is 1440 g/mol. The first-order chi connectivity index (χ1) is 47.4. The second-order valence-corrected chi connectivity index (χ2v) is 31.8. The number of phosphoric ester groups is 2. The molecular formula is C79H154O17P2. The zero-order valence-electron chi connectivity index (χ0n) is 64.1. The molecule has 0 rings (SSSR count). The normalized spacial score (nSPS) is 14.5. The van der Waals surface area contributed by atoms with Crippen molar-refractivity contribution < 1.29 is 80.2 Å². The molecule has 0 bridgehead atoms. The maximum absolute atomic E-state index is 13.1. The van der Waals surface area contributed by atoms with Gasteiger partial charge in [-0.05, 0) is 37.5 Å². The van der Waals surface area contributed by atoms with E-state index in [0.717, 1.165) is 102 Å². The molecule has 0 heterocycles. The van der Waals surface area contributed by atoms with Gasteiger partial charge in [-0.1, -0.05) is 363 Å². The number of rotatable bonds is 78. The first kappa shape index (κ1) is 96.1. The lowest BCUT2D eigenvalue weighted by molar-refractivity contribution is -0.161. The molecule has 17 nitrogen and oxygen atoms in total. The summed E-state index contributed by atoms with van der Waals surface area (Å²) in [6.45, 7) is 9.65. The van der Waals surface area contributed by atoms with Crippen molar-refractivity contribution in [2.45, 2.75) is 432 Å². The number of carbonyl (C=O) groups is 4. The first-order valence-electron chi connectivity index (χ1n) is 41.1. The van der Waals surface area contributed by atoms with E-state index < -0.39 is 97.5 Å². The smallest absolute Gasteiger partial charge is 0.462 e. The van der Waals surface area contributed by atoms with Gasteiger partial charge < -0.3 is 33.8 Å². The third kappa shape index (κ3) is 69.8. The topological polar surface area (TPSA) is 237 Å². The van der Waals surface area contributed by atoms with Gasteiger partial charge in [0.05, 0.1) is 26.4 Å². The maximum atomic E-state index is 13.1. The van der Waals surface area contributed by atoms with Crippen LogP contribution in [0.25, 0.3) is 0 Å². The van der Waals surface area contributed by atoms with E-state index in [1.807, 2.05) is 0 Å². The average molecular weight is 1440 g/mol. The van der Waals surface area contributed by atoms with E-state index in [1.54, 1.807) is 0 Å². The quantitative estimate of drug-likeness (QED) is 0.0222. The molecular weight excluding hydrogens is 1280 g/mol. The molecule has 0 spiro atoms. The Bertz CT molecular complexity index is 1890. The fourth-order valence-electron chi connectivity index (χ4n) is 12.1. The summed E-state index contributed by atoms with van der Waals surface area (Å²) in [5, 5.41) is 10.6. The Morgan fingerprint density at radius 3 is 0.724 bits per heavy atom. The van der Waals surface area contributed by atoms with E-state index in [1.165, 1.54) is 231 Å². The van der Waals surface area contributed by atoms with Crippen LogP contribution in [0.1, 0.15) is 414 Å². The molecule has 0 aromatic heterocycles. The van der Waals surface area contributed by atoms with Gasteiger partial charge in [-0.25, -0.2) is 9.13 Å². The minimum absolute atomic E-state index is 0.106. The second-order valence-electron chi connectivity index (χ2n) is 28.9. The van der Waals surface area contributed by atoms with E-state index in [9.17, 15) is 43.2 Å². The van der Waals surface area contributed by atoms with Gasteiger partial charge in [0.2, 0.25) is 0 Å². The van der Waals surface area contributed by atoms with Gasteiger partial charge in [-0.3, -0.25) is 37.3 Å². The molecule has 0 aromatic carbocycles. The number of hydrogen-bond donors (Lipinski definition) is 3. The van der Waals surface area contributed by atoms with E-state index in [2.05, 4.69) is 41.5 Å². The van der Waals surface area contributed by atoms with Crippen molar-refractivity contribution in [2.24, 2.45) is 11.8 Å². The predicted molar refractivity (Wildman–Crippen MR) is 400 cm³/mol. The van der Waals surface area contributed by atoms with E-state index >= 15 is 0 Å². The van der Waals surface area contributed by atoms with Crippen LogP contribution in [0.3, 0.4) is 0 Å². The van der Waals surface area contributed by atoms with Crippen molar-refractivity contribution >= 4 is 39.5 Å².